The molecule has 0 heterocycles. The molecule has 0 saturated heterocycles. The SMILES string of the molecule is Oc1ccc(OCCOCCOCCOc2ccc(C(c3ccccc3)(c3ccccc3)c3ccccc3)cc2)cc1. The summed E-state index contributed by atoms with van der Waals surface area (Å²) in [5.74, 6) is 1.71. The van der Waals surface area contributed by atoms with Crippen LogP contribution in [0, 0.1) is 0 Å². The van der Waals surface area contributed by atoms with E-state index in [1.165, 1.54) is 22.3 Å². The van der Waals surface area contributed by atoms with E-state index in [4.69, 9.17) is 18.9 Å². The predicted octanol–water partition coefficient (Wildman–Crippen LogP) is 7.27. The van der Waals surface area contributed by atoms with E-state index in [-0.39, 0.29) is 5.75 Å². The van der Waals surface area contributed by atoms with Gasteiger partial charge in [0.2, 0.25) is 0 Å². The fraction of sp³-hybridized carbons (Fsp3) is 0.189. The third-order valence-corrected chi connectivity index (χ3v) is 7.11. The van der Waals surface area contributed by atoms with Crippen LogP contribution < -0.4 is 9.47 Å². The highest BCUT2D eigenvalue weighted by atomic mass is 16.6. The maximum absolute atomic E-state index is 9.31. The van der Waals surface area contributed by atoms with Crippen LogP contribution in [0.1, 0.15) is 22.3 Å². The van der Waals surface area contributed by atoms with Crippen molar-refractivity contribution in [3.05, 3.63) is 162 Å². The monoisotopic (exact) mass is 560 g/mol. The summed E-state index contributed by atoms with van der Waals surface area (Å²) in [6, 6.07) is 47.0. The van der Waals surface area contributed by atoms with Crippen LogP contribution in [0.3, 0.4) is 0 Å². The third kappa shape index (κ3) is 7.19. The van der Waals surface area contributed by atoms with Crippen LogP contribution in [0.5, 0.6) is 17.2 Å². The molecule has 0 unspecified atom stereocenters. The maximum Gasteiger partial charge on any atom is 0.119 e. The summed E-state index contributed by atoms with van der Waals surface area (Å²) in [6.45, 7) is 2.78. The van der Waals surface area contributed by atoms with Gasteiger partial charge < -0.3 is 24.1 Å². The standard InChI is InChI=1S/C37H36O5/c38-34-18-22-36(23-19-34)42-29-27-40-25-24-39-26-28-41-35-20-16-33(17-21-35)37(30-10-4-1-5-11-30,31-12-6-2-7-13-31)32-14-8-3-9-15-32/h1-23,38H,24-29H2. The molecule has 0 aliphatic rings. The summed E-state index contributed by atoms with van der Waals surface area (Å²) in [7, 11) is 0. The fourth-order valence-electron chi connectivity index (χ4n) is 5.17. The zero-order chi connectivity index (χ0) is 28.9. The molecule has 5 nitrogen and oxygen atoms in total. The van der Waals surface area contributed by atoms with E-state index in [1.54, 1.807) is 24.3 Å². The van der Waals surface area contributed by atoms with Crippen LogP contribution >= 0.6 is 0 Å². The Morgan fingerprint density at radius 2 is 0.714 bits per heavy atom. The number of rotatable bonds is 15. The Kier molecular flexibility index (Phi) is 10.2. The zero-order valence-corrected chi connectivity index (χ0v) is 23.6. The largest absolute Gasteiger partial charge is 0.508 e. The smallest absolute Gasteiger partial charge is 0.119 e. The molecule has 0 spiro atoms. The van der Waals surface area contributed by atoms with Gasteiger partial charge in [0.25, 0.3) is 0 Å². The Bertz CT molecular complexity index is 1360. The van der Waals surface area contributed by atoms with Crippen molar-refractivity contribution in [2.45, 2.75) is 5.41 Å². The molecule has 0 aliphatic heterocycles. The van der Waals surface area contributed by atoms with Gasteiger partial charge in [0.05, 0.1) is 31.8 Å². The van der Waals surface area contributed by atoms with E-state index >= 15 is 0 Å². The minimum Gasteiger partial charge on any atom is -0.508 e. The molecule has 0 fully saturated rings. The number of phenols is 1. The quantitative estimate of drug-likeness (QED) is 0.108. The molecule has 42 heavy (non-hydrogen) atoms. The molecule has 0 radical (unpaired) electrons. The highest BCUT2D eigenvalue weighted by molar-refractivity contribution is 5.60. The van der Waals surface area contributed by atoms with E-state index in [0.29, 0.717) is 45.4 Å². The van der Waals surface area contributed by atoms with E-state index in [2.05, 4.69) is 103 Å². The number of hydrogen-bond acceptors (Lipinski definition) is 5. The van der Waals surface area contributed by atoms with E-state index in [1.807, 2.05) is 12.1 Å². The van der Waals surface area contributed by atoms with Crippen molar-refractivity contribution in [2.75, 3.05) is 39.6 Å². The summed E-state index contributed by atoms with van der Waals surface area (Å²) in [6.07, 6.45) is 0. The molecule has 5 aromatic rings. The summed E-state index contributed by atoms with van der Waals surface area (Å²) >= 11 is 0. The Morgan fingerprint density at radius 3 is 1.12 bits per heavy atom. The molecule has 214 valence electrons. The van der Waals surface area contributed by atoms with Crippen LogP contribution in [-0.2, 0) is 14.9 Å². The first-order chi connectivity index (χ1) is 20.8. The molecule has 5 heteroatoms. The van der Waals surface area contributed by atoms with Gasteiger partial charge in [0, 0.05) is 0 Å². The molecule has 0 bridgehead atoms. The summed E-state index contributed by atoms with van der Waals surface area (Å²) in [5.41, 5.74) is 4.32. The highest BCUT2D eigenvalue weighted by Crippen LogP contribution is 2.45. The maximum atomic E-state index is 9.31. The van der Waals surface area contributed by atoms with E-state index < -0.39 is 5.41 Å². The molecule has 0 atom stereocenters. The second kappa shape index (κ2) is 14.9. The van der Waals surface area contributed by atoms with Crippen molar-refractivity contribution in [3.63, 3.8) is 0 Å². The van der Waals surface area contributed by atoms with Gasteiger partial charge in [-0.3, -0.25) is 0 Å². The van der Waals surface area contributed by atoms with Gasteiger partial charge in [-0.25, -0.2) is 0 Å². The Morgan fingerprint density at radius 1 is 0.381 bits per heavy atom. The molecule has 5 aromatic carbocycles. The number of ether oxygens (including phenoxy) is 4. The first-order valence-corrected chi connectivity index (χ1v) is 14.2. The third-order valence-electron chi connectivity index (χ3n) is 7.11. The number of aromatic hydroxyl groups is 1. The van der Waals surface area contributed by atoms with Gasteiger partial charge >= 0.3 is 0 Å². The van der Waals surface area contributed by atoms with Crippen molar-refractivity contribution in [3.8, 4) is 17.2 Å². The zero-order valence-electron chi connectivity index (χ0n) is 23.6. The van der Waals surface area contributed by atoms with E-state index in [9.17, 15) is 5.11 Å². The van der Waals surface area contributed by atoms with Crippen molar-refractivity contribution < 1.29 is 24.1 Å². The molecule has 0 aromatic heterocycles. The van der Waals surface area contributed by atoms with Gasteiger partial charge in [-0.1, -0.05) is 103 Å². The topological polar surface area (TPSA) is 57.2 Å². The van der Waals surface area contributed by atoms with Crippen molar-refractivity contribution in [1.29, 1.82) is 0 Å². The van der Waals surface area contributed by atoms with Crippen LogP contribution in [-0.4, -0.2) is 44.7 Å². The Hall–Kier alpha value is -4.58. The lowest BCUT2D eigenvalue weighted by Crippen LogP contribution is -2.30. The Balaban J connectivity index is 1.15. The van der Waals surface area contributed by atoms with Gasteiger partial charge in [-0.15, -0.1) is 0 Å². The average Bonchev–Trinajstić information content (AvgIpc) is 3.05. The van der Waals surface area contributed by atoms with Crippen LogP contribution in [0.2, 0.25) is 0 Å². The van der Waals surface area contributed by atoms with Crippen molar-refractivity contribution in [1.82, 2.24) is 0 Å². The van der Waals surface area contributed by atoms with Crippen molar-refractivity contribution in [2.24, 2.45) is 0 Å². The van der Waals surface area contributed by atoms with E-state index in [0.717, 1.165) is 5.75 Å². The van der Waals surface area contributed by atoms with Gasteiger partial charge in [0.15, 0.2) is 0 Å². The molecule has 0 saturated carbocycles. The van der Waals surface area contributed by atoms with Crippen LogP contribution in [0.4, 0.5) is 0 Å². The molecular formula is C37H36O5. The highest BCUT2D eigenvalue weighted by Gasteiger charge is 2.38. The minimum absolute atomic E-state index is 0.216. The van der Waals surface area contributed by atoms with Crippen LogP contribution in [0.25, 0.3) is 0 Å². The number of hydrogen-bond donors (Lipinski definition) is 1. The Labute approximate surface area is 247 Å². The second-order valence-electron chi connectivity index (χ2n) is 9.79. The first-order valence-electron chi connectivity index (χ1n) is 14.2. The molecular weight excluding hydrogens is 524 g/mol. The molecule has 5 rings (SSSR count). The van der Waals surface area contributed by atoms with Crippen molar-refractivity contribution >= 4 is 0 Å². The molecule has 1 N–H and O–H groups in total. The summed E-state index contributed by atoms with van der Waals surface area (Å²) in [4.78, 5) is 0. The summed E-state index contributed by atoms with van der Waals surface area (Å²) < 4.78 is 22.8. The lowest BCUT2D eigenvalue weighted by Gasteiger charge is -2.36. The fourth-order valence-corrected chi connectivity index (χ4v) is 5.17. The van der Waals surface area contributed by atoms with Gasteiger partial charge in [-0.2, -0.15) is 0 Å². The minimum atomic E-state index is -0.472. The molecule has 0 aliphatic carbocycles. The lowest BCUT2D eigenvalue weighted by atomic mass is 9.65. The van der Waals surface area contributed by atoms with Gasteiger partial charge in [0.1, 0.15) is 30.5 Å². The van der Waals surface area contributed by atoms with Gasteiger partial charge in [-0.05, 0) is 58.7 Å². The lowest BCUT2D eigenvalue weighted by molar-refractivity contribution is 0.0273. The number of benzene rings is 5. The second-order valence-corrected chi connectivity index (χ2v) is 9.79. The predicted molar refractivity (Wildman–Crippen MR) is 165 cm³/mol. The van der Waals surface area contributed by atoms with Crippen LogP contribution in [0.15, 0.2) is 140 Å². The molecule has 0 amide bonds. The first kappa shape index (κ1) is 28.9. The number of phenolic OH excluding ortho intramolecular Hbond substituents is 1. The average molecular weight is 561 g/mol. The summed E-state index contributed by atoms with van der Waals surface area (Å²) in [5, 5.41) is 9.31. The normalized spacial score (nSPS) is 11.2.